The Bertz CT molecular complexity index is 375. The lowest BCUT2D eigenvalue weighted by atomic mass is 10.1. The third kappa shape index (κ3) is 3.22. The maximum atomic E-state index is 5.91. The van der Waals surface area contributed by atoms with Crippen molar-refractivity contribution in [3.05, 3.63) is 21.3 Å². The Balaban J connectivity index is 1.37. The number of nitrogens with one attached hydrogen (secondary N) is 1. The van der Waals surface area contributed by atoms with Gasteiger partial charge >= 0.3 is 0 Å². The third-order valence-electron chi connectivity index (χ3n) is 3.74. The van der Waals surface area contributed by atoms with Crippen LogP contribution in [0.3, 0.4) is 0 Å². The van der Waals surface area contributed by atoms with Gasteiger partial charge in [0.05, 0.1) is 4.34 Å². The van der Waals surface area contributed by atoms with E-state index in [0.29, 0.717) is 0 Å². The van der Waals surface area contributed by atoms with E-state index < -0.39 is 0 Å². The number of thiophene rings is 1. The number of hydrogen-bond donors (Lipinski definition) is 1. The summed E-state index contributed by atoms with van der Waals surface area (Å²) in [5, 5.41) is 3.56. The molecule has 1 aromatic heterocycles. The molecule has 1 aliphatic carbocycles. The molecule has 2 heterocycles. The van der Waals surface area contributed by atoms with Gasteiger partial charge in [0.1, 0.15) is 0 Å². The second-order valence-corrected chi connectivity index (χ2v) is 7.02. The number of likely N-dealkylation sites (tertiary alicyclic amines) is 1. The predicted octanol–water partition coefficient (Wildman–Crippen LogP) is 2.98. The van der Waals surface area contributed by atoms with Crippen molar-refractivity contribution in [2.75, 3.05) is 19.6 Å². The molecule has 0 radical (unpaired) electrons. The molecule has 2 fully saturated rings. The molecule has 1 saturated heterocycles. The maximum Gasteiger partial charge on any atom is 0.0931 e. The molecule has 0 spiro atoms. The summed E-state index contributed by atoms with van der Waals surface area (Å²) in [6.07, 6.45) is 4.25. The topological polar surface area (TPSA) is 15.3 Å². The quantitative estimate of drug-likeness (QED) is 0.885. The molecule has 1 unspecified atom stereocenters. The van der Waals surface area contributed by atoms with Crippen molar-refractivity contribution in [3.8, 4) is 0 Å². The average Bonchev–Trinajstić information content (AvgIpc) is 2.93. The number of halogens is 1. The van der Waals surface area contributed by atoms with Gasteiger partial charge in [-0.15, -0.1) is 11.3 Å². The van der Waals surface area contributed by atoms with Crippen molar-refractivity contribution >= 4 is 22.9 Å². The van der Waals surface area contributed by atoms with E-state index in [0.717, 1.165) is 29.4 Å². The fourth-order valence-electron chi connectivity index (χ4n) is 2.65. The average molecular weight is 271 g/mol. The van der Waals surface area contributed by atoms with E-state index in [2.05, 4.69) is 16.3 Å². The zero-order valence-electron chi connectivity index (χ0n) is 9.99. The fourth-order valence-corrected chi connectivity index (χ4v) is 3.70. The molecular formula is C13H19ClN2S. The van der Waals surface area contributed by atoms with Crippen LogP contribution in [-0.4, -0.2) is 30.6 Å². The van der Waals surface area contributed by atoms with Gasteiger partial charge in [0, 0.05) is 24.0 Å². The van der Waals surface area contributed by atoms with Crippen molar-refractivity contribution < 1.29 is 0 Å². The second-order valence-electron chi connectivity index (χ2n) is 5.22. The molecule has 2 aliphatic rings. The van der Waals surface area contributed by atoms with Gasteiger partial charge in [0.2, 0.25) is 0 Å². The summed E-state index contributed by atoms with van der Waals surface area (Å²) >= 11 is 7.59. The SMILES string of the molecule is Clc1ccc(CNCC2CCN(C3CC3)C2)s1. The summed E-state index contributed by atoms with van der Waals surface area (Å²) in [7, 11) is 0. The highest BCUT2D eigenvalue weighted by atomic mass is 35.5. The van der Waals surface area contributed by atoms with Gasteiger partial charge in [0.25, 0.3) is 0 Å². The molecular weight excluding hydrogens is 252 g/mol. The smallest absolute Gasteiger partial charge is 0.0931 e. The first-order chi connectivity index (χ1) is 8.31. The van der Waals surface area contributed by atoms with E-state index in [-0.39, 0.29) is 0 Å². The van der Waals surface area contributed by atoms with Gasteiger partial charge in [-0.3, -0.25) is 0 Å². The molecule has 1 aromatic rings. The van der Waals surface area contributed by atoms with Crippen LogP contribution < -0.4 is 5.32 Å². The standard InChI is InChI=1S/C13H19ClN2S/c14-13-4-3-12(17-13)8-15-7-10-5-6-16(9-10)11-1-2-11/h3-4,10-11,15H,1-2,5-9H2. The summed E-state index contributed by atoms with van der Waals surface area (Å²) in [5.74, 6) is 0.853. The van der Waals surface area contributed by atoms with Crippen LogP contribution in [0.25, 0.3) is 0 Å². The summed E-state index contributed by atoms with van der Waals surface area (Å²) in [6.45, 7) is 4.75. The molecule has 0 amide bonds. The Morgan fingerprint density at radius 2 is 2.24 bits per heavy atom. The van der Waals surface area contributed by atoms with Crippen molar-refractivity contribution in [2.45, 2.75) is 31.8 Å². The molecule has 1 saturated carbocycles. The van der Waals surface area contributed by atoms with E-state index in [9.17, 15) is 0 Å². The van der Waals surface area contributed by atoms with Crippen molar-refractivity contribution in [1.82, 2.24) is 10.2 Å². The van der Waals surface area contributed by atoms with Gasteiger partial charge in [-0.05, 0) is 50.4 Å². The Hall–Kier alpha value is -0.0900. The minimum Gasteiger partial charge on any atom is -0.312 e. The molecule has 94 valence electrons. The highest BCUT2D eigenvalue weighted by Gasteiger charge is 2.33. The van der Waals surface area contributed by atoms with Crippen molar-refractivity contribution in [1.29, 1.82) is 0 Å². The molecule has 2 nitrogen and oxygen atoms in total. The Morgan fingerprint density at radius 3 is 2.94 bits per heavy atom. The van der Waals surface area contributed by atoms with E-state index in [1.165, 1.54) is 37.2 Å². The Labute approximate surface area is 112 Å². The van der Waals surface area contributed by atoms with Gasteiger partial charge in [-0.2, -0.15) is 0 Å². The largest absolute Gasteiger partial charge is 0.312 e. The summed E-state index contributed by atoms with van der Waals surface area (Å²) in [5.41, 5.74) is 0. The van der Waals surface area contributed by atoms with Gasteiger partial charge < -0.3 is 10.2 Å². The van der Waals surface area contributed by atoms with Crippen LogP contribution in [0.4, 0.5) is 0 Å². The van der Waals surface area contributed by atoms with Crippen LogP contribution in [0.5, 0.6) is 0 Å². The van der Waals surface area contributed by atoms with E-state index in [1.54, 1.807) is 11.3 Å². The normalized spacial score (nSPS) is 25.6. The van der Waals surface area contributed by atoms with Crippen LogP contribution in [0, 0.1) is 5.92 Å². The summed E-state index contributed by atoms with van der Waals surface area (Å²) < 4.78 is 0.891. The van der Waals surface area contributed by atoms with Gasteiger partial charge in [-0.25, -0.2) is 0 Å². The van der Waals surface area contributed by atoms with E-state index in [4.69, 9.17) is 11.6 Å². The highest BCUT2D eigenvalue weighted by Crippen LogP contribution is 2.31. The van der Waals surface area contributed by atoms with Crippen LogP contribution in [0.15, 0.2) is 12.1 Å². The Kier molecular flexibility index (Phi) is 3.71. The lowest BCUT2D eigenvalue weighted by Crippen LogP contribution is -2.27. The zero-order chi connectivity index (χ0) is 11.7. The highest BCUT2D eigenvalue weighted by molar-refractivity contribution is 7.16. The van der Waals surface area contributed by atoms with Crippen molar-refractivity contribution in [2.24, 2.45) is 5.92 Å². The number of hydrogen-bond acceptors (Lipinski definition) is 3. The maximum absolute atomic E-state index is 5.91. The van der Waals surface area contributed by atoms with E-state index >= 15 is 0 Å². The monoisotopic (exact) mass is 270 g/mol. The molecule has 17 heavy (non-hydrogen) atoms. The van der Waals surface area contributed by atoms with E-state index in [1.807, 2.05) is 6.07 Å². The number of nitrogens with zero attached hydrogens (tertiary/aromatic N) is 1. The molecule has 0 aromatic carbocycles. The molecule has 4 heteroatoms. The molecule has 1 atom stereocenters. The molecule has 1 N–H and O–H groups in total. The van der Waals surface area contributed by atoms with Gasteiger partial charge in [-0.1, -0.05) is 11.6 Å². The molecule has 3 rings (SSSR count). The number of rotatable bonds is 5. The molecule has 0 bridgehead atoms. The minimum atomic E-state index is 0.853. The first-order valence-corrected chi connectivity index (χ1v) is 7.69. The summed E-state index contributed by atoms with van der Waals surface area (Å²) in [4.78, 5) is 4.01. The lowest BCUT2D eigenvalue weighted by Gasteiger charge is -2.14. The minimum absolute atomic E-state index is 0.853. The van der Waals surface area contributed by atoms with Gasteiger partial charge in [0.15, 0.2) is 0 Å². The van der Waals surface area contributed by atoms with Crippen LogP contribution >= 0.6 is 22.9 Å². The second kappa shape index (κ2) is 5.27. The van der Waals surface area contributed by atoms with Crippen LogP contribution in [0.1, 0.15) is 24.1 Å². The van der Waals surface area contributed by atoms with Crippen LogP contribution in [-0.2, 0) is 6.54 Å². The summed E-state index contributed by atoms with van der Waals surface area (Å²) in [6, 6.07) is 5.04. The first-order valence-electron chi connectivity index (χ1n) is 6.50. The van der Waals surface area contributed by atoms with Crippen LogP contribution in [0.2, 0.25) is 4.34 Å². The first kappa shape index (κ1) is 12.0. The molecule has 1 aliphatic heterocycles. The third-order valence-corrected chi connectivity index (χ3v) is 4.97. The fraction of sp³-hybridized carbons (Fsp3) is 0.692. The van der Waals surface area contributed by atoms with Crippen molar-refractivity contribution in [3.63, 3.8) is 0 Å². The Morgan fingerprint density at radius 1 is 1.35 bits per heavy atom. The lowest BCUT2D eigenvalue weighted by molar-refractivity contribution is 0.312. The zero-order valence-corrected chi connectivity index (χ0v) is 11.6. The predicted molar refractivity (Wildman–Crippen MR) is 73.7 cm³/mol.